The van der Waals surface area contributed by atoms with E-state index in [1.54, 1.807) is 60.0 Å². The van der Waals surface area contributed by atoms with Gasteiger partial charge in [0.15, 0.2) is 0 Å². The number of rotatable bonds is 4. The van der Waals surface area contributed by atoms with Crippen LogP contribution in [0.15, 0.2) is 66.7 Å². The molecule has 3 aromatic carbocycles. The Morgan fingerprint density at radius 2 is 1.55 bits per heavy atom. The second kappa shape index (κ2) is 7.31. The lowest BCUT2D eigenvalue weighted by molar-refractivity contribution is -0.633. The molecule has 0 aliphatic rings. The summed E-state index contributed by atoms with van der Waals surface area (Å²) in [6.45, 7) is 1.42. The Hall–Kier alpha value is -3.80. The zero-order valence-corrected chi connectivity index (χ0v) is 15.6. The van der Waals surface area contributed by atoms with E-state index in [2.05, 4.69) is 0 Å². The van der Waals surface area contributed by atoms with Crippen molar-refractivity contribution < 1.29 is 28.4 Å². The van der Waals surface area contributed by atoms with E-state index in [1.165, 1.54) is 18.2 Å². The molecule has 29 heavy (non-hydrogen) atoms. The van der Waals surface area contributed by atoms with Crippen molar-refractivity contribution in [2.24, 2.45) is 0 Å². The number of carbonyl (C=O) groups is 2. The molecule has 0 radical (unpaired) electrons. The lowest BCUT2D eigenvalue weighted by atomic mass is 10.0. The molecule has 144 valence electrons. The summed E-state index contributed by atoms with van der Waals surface area (Å²) >= 11 is 0. The number of hydrogen-bond donors (Lipinski definition) is 1. The summed E-state index contributed by atoms with van der Waals surface area (Å²) < 4.78 is 20.6. The van der Waals surface area contributed by atoms with Crippen LogP contribution in [0.5, 0.6) is 5.75 Å². The molecule has 1 N–H and O–H groups in total. The fraction of sp³-hybridized carbons (Fsp3) is 0.0870. The van der Waals surface area contributed by atoms with Gasteiger partial charge >= 0.3 is 11.9 Å². The molecule has 0 unspecified atom stereocenters. The van der Waals surface area contributed by atoms with E-state index >= 15 is 0 Å². The molecule has 0 aliphatic carbocycles. The van der Waals surface area contributed by atoms with Gasteiger partial charge in [-0.2, -0.15) is 4.57 Å². The number of nitrogens with zero attached hydrogens (tertiary/aromatic N) is 1. The van der Waals surface area contributed by atoms with Crippen molar-refractivity contribution in [2.45, 2.75) is 13.5 Å². The average molecular weight is 390 g/mol. The molecule has 0 bridgehead atoms. The van der Waals surface area contributed by atoms with Crippen molar-refractivity contribution in [3.63, 3.8) is 0 Å². The van der Waals surface area contributed by atoms with Gasteiger partial charge in [-0.1, -0.05) is 24.3 Å². The van der Waals surface area contributed by atoms with Crippen molar-refractivity contribution in [3.05, 3.63) is 83.7 Å². The predicted octanol–water partition coefficient (Wildman–Crippen LogP) is 4.03. The summed E-state index contributed by atoms with van der Waals surface area (Å²) in [5.74, 6) is -1.71. The highest BCUT2D eigenvalue weighted by molar-refractivity contribution is 6.13. The third kappa shape index (κ3) is 3.40. The molecule has 5 nitrogen and oxygen atoms in total. The van der Waals surface area contributed by atoms with Gasteiger partial charge < -0.3 is 9.84 Å². The molecule has 6 heteroatoms. The fourth-order valence-electron chi connectivity index (χ4n) is 3.52. The number of carboxylic acids is 1. The molecule has 1 aromatic heterocycles. The van der Waals surface area contributed by atoms with Gasteiger partial charge in [0.1, 0.15) is 11.6 Å². The summed E-state index contributed by atoms with van der Waals surface area (Å²) in [4.78, 5) is 24.6. The van der Waals surface area contributed by atoms with Gasteiger partial charge in [0.2, 0.25) is 17.6 Å². The van der Waals surface area contributed by atoms with Crippen LogP contribution in [0, 0.1) is 12.7 Å². The highest BCUT2D eigenvalue weighted by atomic mass is 19.1. The number of hydrogen-bond acceptors (Lipinski definition) is 3. The molecular formula is C23H17FNO4+. The quantitative estimate of drug-likeness (QED) is 0.247. The first-order chi connectivity index (χ1) is 14.0. The minimum absolute atomic E-state index is 0.243. The second-order valence-corrected chi connectivity index (χ2v) is 6.69. The van der Waals surface area contributed by atoms with Crippen LogP contribution in [0.4, 0.5) is 4.39 Å². The van der Waals surface area contributed by atoms with Crippen LogP contribution in [0.2, 0.25) is 0 Å². The number of para-hydroxylation sites is 2. The SMILES string of the molecule is Cc1cc(F)ccc1OC(=O)c1c2ccccc2[n+](CC(=O)O)c2ccccc12. The summed E-state index contributed by atoms with van der Waals surface area (Å²) in [6.07, 6.45) is 0. The zero-order valence-electron chi connectivity index (χ0n) is 15.6. The Bertz CT molecular complexity index is 1230. The number of halogens is 1. The highest BCUT2D eigenvalue weighted by Gasteiger charge is 2.26. The van der Waals surface area contributed by atoms with Crippen LogP contribution in [-0.4, -0.2) is 17.0 Å². The van der Waals surface area contributed by atoms with Gasteiger partial charge in [0.25, 0.3) is 0 Å². The number of benzene rings is 3. The minimum atomic E-state index is -0.984. The number of aliphatic carboxylic acids is 1. The highest BCUT2D eigenvalue weighted by Crippen LogP contribution is 2.27. The molecule has 1 heterocycles. The minimum Gasteiger partial charge on any atom is -0.477 e. The van der Waals surface area contributed by atoms with Crippen LogP contribution in [0.3, 0.4) is 0 Å². The fourth-order valence-corrected chi connectivity index (χ4v) is 3.52. The van der Waals surface area contributed by atoms with Crippen LogP contribution < -0.4 is 9.30 Å². The molecular weight excluding hydrogens is 373 g/mol. The second-order valence-electron chi connectivity index (χ2n) is 6.69. The van der Waals surface area contributed by atoms with Gasteiger partial charge in [-0.05, 0) is 42.8 Å². The topological polar surface area (TPSA) is 67.5 Å². The van der Waals surface area contributed by atoms with Crippen LogP contribution in [0.1, 0.15) is 15.9 Å². The lowest BCUT2D eigenvalue weighted by Gasteiger charge is -2.12. The van der Waals surface area contributed by atoms with Crippen molar-refractivity contribution in [1.82, 2.24) is 0 Å². The van der Waals surface area contributed by atoms with Gasteiger partial charge in [-0.15, -0.1) is 0 Å². The molecule has 0 aliphatic heterocycles. The monoisotopic (exact) mass is 390 g/mol. The first kappa shape index (κ1) is 18.6. The van der Waals surface area contributed by atoms with Crippen molar-refractivity contribution in [1.29, 1.82) is 0 Å². The number of carbonyl (C=O) groups excluding carboxylic acids is 1. The Morgan fingerprint density at radius 3 is 2.10 bits per heavy atom. The Labute approximate surface area is 165 Å². The molecule has 4 rings (SSSR count). The van der Waals surface area contributed by atoms with Gasteiger partial charge in [0.05, 0.1) is 16.3 Å². The average Bonchev–Trinajstić information content (AvgIpc) is 2.69. The van der Waals surface area contributed by atoms with E-state index in [4.69, 9.17) is 4.74 Å². The number of aromatic nitrogens is 1. The molecule has 0 saturated heterocycles. The molecule has 0 spiro atoms. The Morgan fingerprint density at radius 1 is 0.966 bits per heavy atom. The third-order valence-corrected chi connectivity index (χ3v) is 4.77. The van der Waals surface area contributed by atoms with Crippen LogP contribution >= 0.6 is 0 Å². The standard InChI is InChI=1S/C23H16FNO4/c1-14-12-15(24)10-11-20(14)29-23(28)22-16-6-2-4-8-18(16)25(13-21(26)27)19-9-5-3-7-17(19)22/h2-12H,13H2,1H3/p+1. The molecule has 4 aromatic rings. The van der Waals surface area contributed by atoms with E-state index < -0.39 is 17.8 Å². The summed E-state index contributed by atoms with van der Waals surface area (Å²) in [6, 6.07) is 18.1. The maximum absolute atomic E-state index is 13.4. The normalized spacial score (nSPS) is 11.0. The van der Waals surface area contributed by atoms with Crippen molar-refractivity contribution >= 4 is 33.7 Å². The predicted molar refractivity (Wildman–Crippen MR) is 105 cm³/mol. The summed E-state index contributed by atoms with van der Waals surface area (Å²) in [5, 5.41) is 10.5. The number of esters is 1. The van der Waals surface area contributed by atoms with E-state index in [1.807, 2.05) is 0 Å². The number of pyridine rings is 1. The third-order valence-electron chi connectivity index (χ3n) is 4.77. The van der Waals surface area contributed by atoms with E-state index in [0.29, 0.717) is 32.9 Å². The van der Waals surface area contributed by atoms with Gasteiger partial charge in [0, 0.05) is 12.1 Å². The number of aryl methyl sites for hydroxylation is 1. The van der Waals surface area contributed by atoms with E-state index in [0.717, 1.165) is 0 Å². The van der Waals surface area contributed by atoms with Gasteiger partial charge in [-0.3, -0.25) is 0 Å². The van der Waals surface area contributed by atoms with Crippen LogP contribution in [-0.2, 0) is 11.3 Å². The van der Waals surface area contributed by atoms with Crippen molar-refractivity contribution in [3.8, 4) is 5.75 Å². The summed E-state index contributed by atoms with van der Waals surface area (Å²) in [7, 11) is 0. The molecule has 0 atom stereocenters. The Balaban J connectivity index is 1.96. The first-order valence-corrected chi connectivity index (χ1v) is 8.99. The largest absolute Gasteiger partial charge is 0.477 e. The maximum atomic E-state index is 13.4. The number of carboxylic acid groups (broad SMARTS) is 1. The molecule has 0 amide bonds. The smallest absolute Gasteiger partial charge is 0.370 e. The summed E-state index contributed by atoms with van der Waals surface area (Å²) in [5.41, 5.74) is 2.05. The molecule has 0 saturated carbocycles. The zero-order chi connectivity index (χ0) is 20.5. The van der Waals surface area contributed by atoms with E-state index in [9.17, 15) is 19.1 Å². The van der Waals surface area contributed by atoms with E-state index in [-0.39, 0.29) is 12.3 Å². The lowest BCUT2D eigenvalue weighted by Crippen LogP contribution is -2.40. The van der Waals surface area contributed by atoms with Crippen molar-refractivity contribution in [2.75, 3.05) is 0 Å². The van der Waals surface area contributed by atoms with Gasteiger partial charge in [-0.25, -0.2) is 14.0 Å². The molecule has 0 fully saturated rings. The Kier molecular flexibility index (Phi) is 4.68. The first-order valence-electron chi connectivity index (χ1n) is 8.99. The number of ether oxygens (including phenoxy) is 1. The number of fused-ring (bicyclic) bond motifs is 2. The van der Waals surface area contributed by atoms with Crippen LogP contribution in [0.25, 0.3) is 21.8 Å². The maximum Gasteiger partial charge on any atom is 0.370 e.